The maximum absolute atomic E-state index is 10.8. The molecule has 0 radical (unpaired) electrons. The topological polar surface area (TPSA) is 49.3 Å². The molecule has 2 rings (SSSR count). The molecule has 0 aromatic heterocycles. The standard InChI is InChI=1S/C13H23NO2/c15-13(16)12-5-3-11(4-6-12)9-14-8-7-10-1-2-10/h10-12,14H,1-9H2,(H,15,16). The summed E-state index contributed by atoms with van der Waals surface area (Å²) >= 11 is 0. The summed E-state index contributed by atoms with van der Waals surface area (Å²) in [5.74, 6) is 1.06. The van der Waals surface area contributed by atoms with E-state index in [1.54, 1.807) is 0 Å². The minimum absolute atomic E-state index is 0.0669. The molecule has 0 bridgehead atoms. The van der Waals surface area contributed by atoms with Crippen LogP contribution in [0.2, 0.25) is 0 Å². The lowest BCUT2D eigenvalue weighted by Gasteiger charge is -2.26. The first-order valence-corrected chi connectivity index (χ1v) is 6.69. The Labute approximate surface area is 97.6 Å². The van der Waals surface area contributed by atoms with Gasteiger partial charge in [-0.1, -0.05) is 12.8 Å². The monoisotopic (exact) mass is 225 g/mol. The Kier molecular flexibility index (Phi) is 4.22. The third-order valence-corrected chi connectivity index (χ3v) is 4.06. The van der Waals surface area contributed by atoms with Crippen molar-refractivity contribution in [1.82, 2.24) is 5.32 Å². The van der Waals surface area contributed by atoms with Crippen LogP contribution >= 0.6 is 0 Å². The van der Waals surface area contributed by atoms with Crippen LogP contribution in [-0.2, 0) is 4.79 Å². The first-order valence-electron chi connectivity index (χ1n) is 6.69. The van der Waals surface area contributed by atoms with Crippen molar-refractivity contribution in [3.63, 3.8) is 0 Å². The fourth-order valence-corrected chi connectivity index (χ4v) is 2.63. The summed E-state index contributed by atoms with van der Waals surface area (Å²) in [6, 6.07) is 0. The van der Waals surface area contributed by atoms with Crippen LogP contribution in [0.4, 0.5) is 0 Å². The average Bonchev–Trinajstić information content (AvgIpc) is 3.09. The largest absolute Gasteiger partial charge is 0.481 e. The van der Waals surface area contributed by atoms with Crippen molar-refractivity contribution in [1.29, 1.82) is 0 Å². The first-order chi connectivity index (χ1) is 7.75. The third-order valence-electron chi connectivity index (χ3n) is 4.06. The number of rotatable bonds is 6. The molecular weight excluding hydrogens is 202 g/mol. The van der Waals surface area contributed by atoms with E-state index in [1.165, 1.54) is 19.3 Å². The fourth-order valence-electron chi connectivity index (χ4n) is 2.63. The highest BCUT2D eigenvalue weighted by Gasteiger charge is 2.25. The molecule has 16 heavy (non-hydrogen) atoms. The van der Waals surface area contributed by atoms with E-state index < -0.39 is 5.97 Å². The molecule has 0 saturated heterocycles. The minimum Gasteiger partial charge on any atom is -0.481 e. The highest BCUT2D eigenvalue weighted by atomic mass is 16.4. The lowest BCUT2D eigenvalue weighted by molar-refractivity contribution is -0.143. The van der Waals surface area contributed by atoms with Gasteiger partial charge in [-0.05, 0) is 57.0 Å². The van der Waals surface area contributed by atoms with Crippen LogP contribution < -0.4 is 5.32 Å². The molecule has 0 amide bonds. The van der Waals surface area contributed by atoms with E-state index in [1.807, 2.05) is 0 Å². The smallest absolute Gasteiger partial charge is 0.306 e. The summed E-state index contributed by atoms with van der Waals surface area (Å²) in [5.41, 5.74) is 0. The van der Waals surface area contributed by atoms with Crippen molar-refractivity contribution >= 4 is 5.97 Å². The summed E-state index contributed by atoms with van der Waals surface area (Å²) < 4.78 is 0. The zero-order valence-corrected chi connectivity index (χ0v) is 9.95. The van der Waals surface area contributed by atoms with Gasteiger partial charge >= 0.3 is 5.97 Å². The number of carbonyl (C=O) groups is 1. The summed E-state index contributed by atoms with van der Waals surface area (Å²) in [6.07, 6.45) is 8.15. The van der Waals surface area contributed by atoms with Gasteiger partial charge in [0.25, 0.3) is 0 Å². The predicted octanol–water partition coefficient (Wildman–Crippen LogP) is 2.27. The van der Waals surface area contributed by atoms with E-state index in [2.05, 4.69) is 5.32 Å². The molecule has 0 atom stereocenters. The van der Waals surface area contributed by atoms with Crippen molar-refractivity contribution in [2.45, 2.75) is 44.9 Å². The Bertz CT molecular complexity index is 230. The van der Waals surface area contributed by atoms with Crippen LogP contribution in [0.5, 0.6) is 0 Å². The molecule has 2 fully saturated rings. The fraction of sp³-hybridized carbons (Fsp3) is 0.923. The third kappa shape index (κ3) is 3.78. The maximum Gasteiger partial charge on any atom is 0.306 e. The van der Waals surface area contributed by atoms with Gasteiger partial charge in [0.05, 0.1) is 5.92 Å². The van der Waals surface area contributed by atoms with E-state index in [9.17, 15) is 4.79 Å². The van der Waals surface area contributed by atoms with E-state index in [0.717, 1.165) is 50.6 Å². The van der Waals surface area contributed by atoms with Crippen LogP contribution in [0.3, 0.4) is 0 Å². The summed E-state index contributed by atoms with van der Waals surface area (Å²) in [6.45, 7) is 2.25. The lowest BCUT2D eigenvalue weighted by atomic mass is 9.82. The first kappa shape index (κ1) is 11.9. The molecule has 2 aliphatic carbocycles. The molecule has 2 aliphatic rings. The van der Waals surface area contributed by atoms with Gasteiger partial charge in [0.1, 0.15) is 0 Å². The van der Waals surface area contributed by atoms with Crippen LogP contribution in [0.25, 0.3) is 0 Å². The zero-order valence-electron chi connectivity index (χ0n) is 9.95. The van der Waals surface area contributed by atoms with E-state index in [0.29, 0.717) is 0 Å². The number of aliphatic carboxylic acids is 1. The summed E-state index contributed by atoms with van der Waals surface area (Å²) in [5, 5.41) is 12.4. The second-order valence-corrected chi connectivity index (χ2v) is 5.49. The van der Waals surface area contributed by atoms with Crippen molar-refractivity contribution in [2.75, 3.05) is 13.1 Å². The quantitative estimate of drug-likeness (QED) is 0.682. The number of nitrogens with one attached hydrogen (secondary N) is 1. The molecule has 0 aliphatic heterocycles. The van der Waals surface area contributed by atoms with E-state index >= 15 is 0 Å². The zero-order chi connectivity index (χ0) is 11.4. The molecule has 2 saturated carbocycles. The van der Waals surface area contributed by atoms with Gasteiger partial charge in [-0.3, -0.25) is 4.79 Å². The molecule has 3 nitrogen and oxygen atoms in total. The van der Waals surface area contributed by atoms with Gasteiger partial charge < -0.3 is 10.4 Å². The van der Waals surface area contributed by atoms with Gasteiger partial charge in [-0.2, -0.15) is 0 Å². The second kappa shape index (κ2) is 5.67. The number of hydrogen-bond acceptors (Lipinski definition) is 2. The molecule has 0 spiro atoms. The van der Waals surface area contributed by atoms with Crippen molar-refractivity contribution < 1.29 is 9.90 Å². The van der Waals surface area contributed by atoms with E-state index in [-0.39, 0.29) is 5.92 Å². The van der Waals surface area contributed by atoms with Gasteiger partial charge in [0, 0.05) is 0 Å². The van der Waals surface area contributed by atoms with Crippen molar-refractivity contribution in [3.05, 3.63) is 0 Å². The van der Waals surface area contributed by atoms with Crippen LogP contribution in [0, 0.1) is 17.8 Å². The highest BCUT2D eigenvalue weighted by molar-refractivity contribution is 5.69. The number of hydrogen-bond donors (Lipinski definition) is 2. The minimum atomic E-state index is -0.597. The number of carboxylic acid groups (broad SMARTS) is 1. The molecule has 92 valence electrons. The van der Waals surface area contributed by atoms with Crippen LogP contribution in [0.1, 0.15) is 44.9 Å². The average molecular weight is 225 g/mol. The summed E-state index contributed by atoms with van der Waals surface area (Å²) in [4.78, 5) is 10.8. The Morgan fingerprint density at radius 3 is 2.25 bits per heavy atom. The SMILES string of the molecule is O=C(O)C1CCC(CNCCC2CC2)CC1. The number of carboxylic acids is 1. The van der Waals surface area contributed by atoms with E-state index in [4.69, 9.17) is 5.11 Å². The Morgan fingerprint density at radius 1 is 1.06 bits per heavy atom. The van der Waals surface area contributed by atoms with Gasteiger partial charge in [0.15, 0.2) is 0 Å². The molecule has 2 N–H and O–H groups in total. The molecule has 0 aromatic carbocycles. The maximum atomic E-state index is 10.8. The van der Waals surface area contributed by atoms with Gasteiger partial charge in [-0.15, -0.1) is 0 Å². The molecule has 3 heteroatoms. The van der Waals surface area contributed by atoms with Crippen LogP contribution in [0.15, 0.2) is 0 Å². The lowest BCUT2D eigenvalue weighted by Crippen LogP contribution is -2.29. The van der Waals surface area contributed by atoms with Gasteiger partial charge in [0.2, 0.25) is 0 Å². The highest BCUT2D eigenvalue weighted by Crippen LogP contribution is 2.32. The Morgan fingerprint density at radius 2 is 1.69 bits per heavy atom. The summed E-state index contributed by atoms with van der Waals surface area (Å²) in [7, 11) is 0. The Hall–Kier alpha value is -0.570. The normalized spacial score (nSPS) is 30.2. The van der Waals surface area contributed by atoms with Crippen LogP contribution in [-0.4, -0.2) is 24.2 Å². The molecule has 0 unspecified atom stereocenters. The molecule has 0 aromatic rings. The van der Waals surface area contributed by atoms with Gasteiger partial charge in [-0.25, -0.2) is 0 Å². The Balaban J connectivity index is 1.52. The van der Waals surface area contributed by atoms with Crippen molar-refractivity contribution in [2.24, 2.45) is 17.8 Å². The predicted molar refractivity (Wildman–Crippen MR) is 63.3 cm³/mol. The van der Waals surface area contributed by atoms with Crippen molar-refractivity contribution in [3.8, 4) is 0 Å². The second-order valence-electron chi connectivity index (χ2n) is 5.49. The molecular formula is C13H23NO2. The molecule has 0 heterocycles.